The Hall–Kier alpha value is -2.44. The Morgan fingerprint density at radius 1 is 0.617 bits per heavy atom. The summed E-state index contributed by atoms with van der Waals surface area (Å²) >= 11 is 1.63. The van der Waals surface area contributed by atoms with Crippen LogP contribution in [0, 0.1) is 61.1 Å². The van der Waals surface area contributed by atoms with Crippen LogP contribution >= 0.6 is 0 Å². The SMILES string of the molecule is CC1=C(C2=C(C34CC5CC(CC(C5)C3)C4)C=CC2)C(=C(c2ccccc2)c2ccccc2)C=C2[CH]([Zr+2])C3(C)C4(C)C=CC=CC4(C)C4(C)C=CC=CC4(C)C3(C)C21C.[Cl-].[Cl-]. The van der Waals surface area contributed by atoms with Gasteiger partial charge in [0.25, 0.3) is 0 Å². The predicted octanol–water partition coefficient (Wildman–Crippen LogP) is 8.88. The van der Waals surface area contributed by atoms with E-state index in [1.165, 1.54) is 60.8 Å². The summed E-state index contributed by atoms with van der Waals surface area (Å²) in [6.07, 6.45) is 37.9. The Balaban J connectivity index is 0.00000231. The second kappa shape index (κ2) is 13.8. The number of hydrogen-bond acceptors (Lipinski definition) is 0. The predicted molar refractivity (Wildman–Crippen MR) is 238 cm³/mol. The fourth-order valence-electron chi connectivity index (χ4n) is 17.5. The smallest absolute Gasteiger partial charge is 1.00 e. The molecule has 6 fully saturated rings. The standard InChI is InChI=1S/C57H63.2ClH.Zr/c1-38-48(45-24-19-25-47(45)57-34-39-30-40(35-57)32-41(31-39)36-57)46(49(42-20-11-9-12-21-42)43-22-13-10-14-23-43)33-44-37-54(6)52(4)28-16-15-26-50(52,2)51(3)27-17-18-29-53(51,5)56(54,8)55(38,44)7;;;/h9-23,25-29,33,37,39-41H,24,30-32,34-36H2,1-8H3;2*1H;/q;;;+2/p-2. The van der Waals surface area contributed by atoms with Gasteiger partial charge in [0.05, 0.1) is 0 Å². The van der Waals surface area contributed by atoms with E-state index in [1.807, 2.05) is 0 Å². The Morgan fingerprint density at radius 2 is 1.08 bits per heavy atom. The molecule has 0 spiro atoms. The van der Waals surface area contributed by atoms with Crippen LogP contribution in [0.15, 0.2) is 161 Å². The molecule has 0 N–H and O–H groups in total. The minimum atomic E-state index is -0.180. The van der Waals surface area contributed by atoms with Crippen molar-refractivity contribution < 1.29 is 49.5 Å². The summed E-state index contributed by atoms with van der Waals surface area (Å²) in [6.45, 7) is 21.5. The molecule has 6 saturated carbocycles. The molecule has 0 saturated heterocycles. The van der Waals surface area contributed by atoms with E-state index in [9.17, 15) is 0 Å². The fraction of sp³-hybridized carbons (Fsp3) is 0.474. The summed E-state index contributed by atoms with van der Waals surface area (Å²) in [5.74, 6) is 2.74. The topological polar surface area (TPSA) is 0 Å². The Kier molecular flexibility index (Phi) is 9.84. The molecular weight excluding hydrogens is 847 g/mol. The first-order chi connectivity index (χ1) is 27.6. The van der Waals surface area contributed by atoms with Gasteiger partial charge in [-0.1, -0.05) is 0 Å². The van der Waals surface area contributed by atoms with Gasteiger partial charge < -0.3 is 24.8 Å². The maximum Gasteiger partial charge on any atom is -1.00 e. The molecule has 2 aromatic rings. The van der Waals surface area contributed by atoms with Crippen molar-refractivity contribution in [3.05, 3.63) is 172 Å². The maximum atomic E-state index is 2.83. The van der Waals surface area contributed by atoms with Crippen molar-refractivity contribution in [1.29, 1.82) is 0 Å². The van der Waals surface area contributed by atoms with E-state index in [0.29, 0.717) is 9.04 Å². The van der Waals surface area contributed by atoms with Crippen LogP contribution in [0.4, 0.5) is 0 Å². The van der Waals surface area contributed by atoms with Gasteiger partial charge in [-0.3, -0.25) is 0 Å². The molecule has 60 heavy (non-hydrogen) atoms. The summed E-state index contributed by atoms with van der Waals surface area (Å²) in [6, 6.07) is 22.9. The molecule has 8 atom stereocenters. The molecule has 0 aromatic heterocycles. The van der Waals surface area contributed by atoms with Gasteiger partial charge in [0, 0.05) is 0 Å². The van der Waals surface area contributed by atoms with Gasteiger partial charge >= 0.3 is 367 Å². The second-order valence-corrected chi connectivity index (χ2v) is 23.4. The average molecular weight is 910 g/mol. The quantitative estimate of drug-likeness (QED) is 0.288. The molecule has 2 aromatic carbocycles. The van der Waals surface area contributed by atoms with Crippen LogP contribution in [0.5, 0.6) is 0 Å². The van der Waals surface area contributed by atoms with Gasteiger partial charge in [-0.25, -0.2) is 0 Å². The van der Waals surface area contributed by atoms with Crippen LogP contribution in [-0.2, 0) is 24.7 Å². The van der Waals surface area contributed by atoms with E-state index in [0.717, 1.165) is 24.2 Å². The van der Waals surface area contributed by atoms with Crippen LogP contribution in [0.1, 0.15) is 111 Å². The number of hydrogen-bond donors (Lipinski definition) is 0. The average Bonchev–Trinajstić information content (AvgIpc) is 3.75. The molecule has 3 heteroatoms. The van der Waals surface area contributed by atoms with Gasteiger partial charge in [-0.05, 0) is 0 Å². The summed E-state index contributed by atoms with van der Waals surface area (Å²) in [4.78, 5) is 0. The zero-order chi connectivity index (χ0) is 40.3. The molecule has 0 radical (unpaired) electrons. The molecule has 309 valence electrons. The van der Waals surface area contributed by atoms with Crippen LogP contribution in [0.25, 0.3) is 5.57 Å². The zero-order valence-electron chi connectivity index (χ0n) is 37.1. The van der Waals surface area contributed by atoms with Crippen molar-refractivity contribution in [3.63, 3.8) is 0 Å². The van der Waals surface area contributed by atoms with Crippen LogP contribution in [-0.4, -0.2) is 0 Å². The summed E-state index contributed by atoms with van der Waals surface area (Å²) in [7, 11) is 0. The molecule has 12 rings (SSSR count). The Bertz CT molecular complexity index is 2360. The van der Waals surface area contributed by atoms with Crippen LogP contribution < -0.4 is 24.8 Å². The zero-order valence-corrected chi connectivity index (χ0v) is 41.1. The van der Waals surface area contributed by atoms with Gasteiger partial charge in [0.15, 0.2) is 0 Å². The van der Waals surface area contributed by atoms with Crippen LogP contribution in [0.2, 0.25) is 3.63 Å². The fourth-order valence-corrected chi connectivity index (χ4v) is 19.9. The summed E-state index contributed by atoms with van der Waals surface area (Å²) < 4.78 is 0.424. The summed E-state index contributed by atoms with van der Waals surface area (Å²) in [5, 5.41) is 0. The third kappa shape index (κ3) is 4.70. The van der Waals surface area contributed by atoms with E-state index >= 15 is 0 Å². The van der Waals surface area contributed by atoms with Gasteiger partial charge in [-0.15, -0.1) is 0 Å². The molecule has 10 aliphatic carbocycles. The van der Waals surface area contributed by atoms with E-state index in [2.05, 4.69) is 183 Å². The normalized spacial score (nSPS) is 44.8. The van der Waals surface area contributed by atoms with Gasteiger partial charge in [0.1, 0.15) is 0 Å². The third-order valence-electron chi connectivity index (χ3n) is 20.7. The van der Waals surface area contributed by atoms with Crippen molar-refractivity contribution >= 4 is 5.57 Å². The molecule has 10 aliphatic rings. The first kappa shape index (κ1) is 42.8. The number of rotatable bonds is 4. The van der Waals surface area contributed by atoms with Gasteiger partial charge in [0.2, 0.25) is 0 Å². The van der Waals surface area contributed by atoms with E-state index in [-0.39, 0.29) is 62.7 Å². The van der Waals surface area contributed by atoms with Gasteiger partial charge in [-0.2, -0.15) is 0 Å². The maximum absolute atomic E-state index is 2.83. The third-order valence-corrected chi connectivity index (χ3v) is 22.9. The second-order valence-electron chi connectivity index (χ2n) is 21.9. The van der Waals surface area contributed by atoms with Crippen molar-refractivity contribution in [3.8, 4) is 0 Å². The minimum Gasteiger partial charge on any atom is -1.00 e. The Labute approximate surface area is 389 Å². The van der Waals surface area contributed by atoms with Crippen LogP contribution in [0.3, 0.4) is 0 Å². The number of allylic oxidation sites excluding steroid dienone is 17. The summed E-state index contributed by atoms with van der Waals surface area (Å²) in [5.41, 5.74) is 13.3. The molecular formula is C57H63Cl2Zr. The number of halogens is 2. The van der Waals surface area contributed by atoms with E-state index < -0.39 is 0 Å². The number of benzene rings is 2. The molecule has 0 nitrogen and oxygen atoms in total. The van der Waals surface area contributed by atoms with Crippen molar-refractivity contribution in [2.75, 3.05) is 0 Å². The van der Waals surface area contributed by atoms with E-state index in [1.54, 1.807) is 52.6 Å². The molecule has 0 heterocycles. The van der Waals surface area contributed by atoms with Crippen molar-refractivity contribution in [2.45, 2.75) is 104 Å². The number of fused-ring (bicyclic) bond motifs is 8. The molecule has 0 aliphatic heterocycles. The first-order valence-electron chi connectivity index (χ1n) is 22.8. The largest absolute Gasteiger partial charge is 1.00 e. The van der Waals surface area contributed by atoms with Crippen molar-refractivity contribution in [2.24, 2.45) is 61.1 Å². The molecule has 8 unspecified atom stereocenters. The Morgan fingerprint density at radius 3 is 1.60 bits per heavy atom. The molecule has 4 bridgehead atoms. The molecule has 0 amide bonds. The monoisotopic (exact) mass is 907 g/mol. The van der Waals surface area contributed by atoms with E-state index in [4.69, 9.17) is 0 Å². The minimum absolute atomic E-state index is 0. The first-order valence-corrected chi connectivity index (χ1v) is 24.2. The van der Waals surface area contributed by atoms with Crippen molar-refractivity contribution in [1.82, 2.24) is 0 Å².